The van der Waals surface area contributed by atoms with Gasteiger partial charge in [0, 0.05) is 19.5 Å². The van der Waals surface area contributed by atoms with E-state index in [1.165, 1.54) is 17.0 Å². The van der Waals surface area contributed by atoms with Crippen molar-refractivity contribution < 1.29 is 9.18 Å². The molecule has 0 saturated heterocycles. The lowest BCUT2D eigenvalue weighted by Gasteiger charge is -2.25. The summed E-state index contributed by atoms with van der Waals surface area (Å²) >= 11 is 7.89. The molecule has 1 rings (SSSR count). The minimum atomic E-state index is -0.462. The number of thiocarbonyl (C=S) groups is 1. The molecule has 6 heteroatoms. The summed E-state index contributed by atoms with van der Waals surface area (Å²) in [5.74, 6) is -0.735. The molecule has 1 atom stereocenters. The largest absolute Gasteiger partial charge is 0.393 e. The number of carbonyl (C=O) groups is 1. The van der Waals surface area contributed by atoms with Crippen molar-refractivity contribution in [3.05, 3.63) is 34.1 Å². The van der Waals surface area contributed by atoms with Crippen molar-refractivity contribution in [3.63, 3.8) is 0 Å². The Hall–Kier alpha value is -1.01. The van der Waals surface area contributed by atoms with E-state index < -0.39 is 5.82 Å². The lowest BCUT2D eigenvalue weighted by Crippen LogP contribution is -2.37. The first-order valence-corrected chi connectivity index (χ1v) is 6.54. The maximum Gasteiger partial charge on any atom is 0.255 e. The van der Waals surface area contributed by atoms with Crippen molar-refractivity contribution in [1.29, 1.82) is 0 Å². The van der Waals surface area contributed by atoms with Crippen LogP contribution >= 0.6 is 28.1 Å². The summed E-state index contributed by atoms with van der Waals surface area (Å²) in [6, 6.07) is 4.23. The Morgan fingerprint density at radius 3 is 2.78 bits per heavy atom. The van der Waals surface area contributed by atoms with Gasteiger partial charge in [-0.3, -0.25) is 4.79 Å². The second-order valence-electron chi connectivity index (χ2n) is 4.04. The Kier molecular flexibility index (Phi) is 5.22. The summed E-state index contributed by atoms with van der Waals surface area (Å²) in [7, 11) is 1.64. The molecule has 0 bridgehead atoms. The summed E-state index contributed by atoms with van der Waals surface area (Å²) < 4.78 is 13.5. The van der Waals surface area contributed by atoms with Gasteiger partial charge in [0.2, 0.25) is 0 Å². The first-order valence-electron chi connectivity index (χ1n) is 5.34. The number of hydrogen-bond acceptors (Lipinski definition) is 2. The highest BCUT2D eigenvalue weighted by atomic mass is 79.9. The van der Waals surface area contributed by atoms with Crippen LogP contribution in [0.25, 0.3) is 0 Å². The van der Waals surface area contributed by atoms with E-state index in [4.69, 9.17) is 18.0 Å². The molecule has 1 unspecified atom stereocenters. The maximum atomic E-state index is 13.4. The third-order valence-corrected chi connectivity index (χ3v) is 3.63. The van der Waals surface area contributed by atoms with Crippen LogP contribution in [0.4, 0.5) is 4.39 Å². The molecule has 0 spiro atoms. The molecular weight excluding hydrogens is 319 g/mol. The fraction of sp³-hybridized carbons (Fsp3) is 0.333. The quantitative estimate of drug-likeness (QED) is 0.862. The molecule has 0 aliphatic carbocycles. The lowest BCUT2D eigenvalue weighted by molar-refractivity contribution is 0.0746. The highest BCUT2D eigenvalue weighted by Gasteiger charge is 2.21. The predicted molar refractivity (Wildman–Crippen MR) is 77.1 cm³/mol. The van der Waals surface area contributed by atoms with Gasteiger partial charge in [-0.25, -0.2) is 4.39 Å². The van der Waals surface area contributed by atoms with Crippen LogP contribution < -0.4 is 5.73 Å². The Labute approximate surface area is 119 Å². The lowest BCUT2D eigenvalue weighted by atomic mass is 10.1. The van der Waals surface area contributed by atoms with Gasteiger partial charge < -0.3 is 10.6 Å². The molecule has 18 heavy (non-hydrogen) atoms. The van der Waals surface area contributed by atoms with Gasteiger partial charge in [0.15, 0.2) is 0 Å². The van der Waals surface area contributed by atoms with Crippen LogP contribution in [0.2, 0.25) is 0 Å². The van der Waals surface area contributed by atoms with Crippen LogP contribution in [0, 0.1) is 5.82 Å². The number of nitrogens with two attached hydrogens (primary N) is 1. The van der Waals surface area contributed by atoms with E-state index >= 15 is 0 Å². The monoisotopic (exact) mass is 332 g/mol. The number of benzene rings is 1. The van der Waals surface area contributed by atoms with Crippen molar-refractivity contribution >= 4 is 39.0 Å². The molecule has 0 fully saturated rings. The second kappa shape index (κ2) is 6.24. The van der Waals surface area contributed by atoms with E-state index in [0.717, 1.165) is 0 Å². The molecule has 98 valence electrons. The van der Waals surface area contributed by atoms with Crippen LogP contribution in [0.15, 0.2) is 22.7 Å². The zero-order chi connectivity index (χ0) is 13.9. The normalized spacial score (nSPS) is 12.0. The van der Waals surface area contributed by atoms with Gasteiger partial charge in [-0.15, -0.1) is 0 Å². The summed E-state index contributed by atoms with van der Waals surface area (Å²) in [5.41, 5.74) is 5.73. The molecule has 2 N–H and O–H groups in total. The molecule has 0 radical (unpaired) electrons. The molecule has 0 aliphatic rings. The Morgan fingerprint density at radius 2 is 2.22 bits per heavy atom. The van der Waals surface area contributed by atoms with E-state index in [-0.39, 0.29) is 22.0 Å². The van der Waals surface area contributed by atoms with Gasteiger partial charge in [-0.1, -0.05) is 18.3 Å². The highest BCUT2D eigenvalue weighted by molar-refractivity contribution is 9.10. The molecule has 1 amide bonds. The van der Waals surface area contributed by atoms with Crippen LogP contribution in [-0.2, 0) is 0 Å². The SMILES string of the molecule is CC(CC(N)=S)N(C)C(=O)c1cccc(F)c1Br. The van der Waals surface area contributed by atoms with E-state index in [0.29, 0.717) is 11.4 Å². The van der Waals surface area contributed by atoms with Gasteiger partial charge >= 0.3 is 0 Å². The van der Waals surface area contributed by atoms with Crippen molar-refractivity contribution in [2.45, 2.75) is 19.4 Å². The minimum Gasteiger partial charge on any atom is -0.393 e. The topological polar surface area (TPSA) is 46.3 Å². The van der Waals surface area contributed by atoms with Crippen LogP contribution in [0.3, 0.4) is 0 Å². The molecule has 0 heterocycles. The second-order valence-corrected chi connectivity index (χ2v) is 5.35. The zero-order valence-corrected chi connectivity index (χ0v) is 12.5. The molecule has 0 saturated carbocycles. The third-order valence-electron chi connectivity index (χ3n) is 2.66. The van der Waals surface area contributed by atoms with Crippen molar-refractivity contribution in [1.82, 2.24) is 4.90 Å². The van der Waals surface area contributed by atoms with E-state index in [1.54, 1.807) is 13.1 Å². The number of carbonyl (C=O) groups excluding carboxylic acids is 1. The van der Waals surface area contributed by atoms with Crippen LogP contribution in [-0.4, -0.2) is 28.9 Å². The summed E-state index contributed by atoms with van der Waals surface area (Å²) in [6.07, 6.45) is 0.435. The smallest absolute Gasteiger partial charge is 0.255 e. The fourth-order valence-corrected chi connectivity index (χ4v) is 2.16. The number of hydrogen-bond donors (Lipinski definition) is 1. The van der Waals surface area contributed by atoms with Crippen molar-refractivity contribution in [2.75, 3.05) is 7.05 Å². The molecule has 3 nitrogen and oxygen atoms in total. The standard InChI is InChI=1S/C12H14BrFN2OS/c1-7(6-10(15)18)16(2)12(17)8-4-3-5-9(14)11(8)13/h3-5,7H,6H2,1-2H3,(H2,15,18). The van der Waals surface area contributed by atoms with E-state index in [9.17, 15) is 9.18 Å². The van der Waals surface area contributed by atoms with Crippen molar-refractivity contribution in [2.24, 2.45) is 5.73 Å². The number of amides is 1. The first-order chi connectivity index (χ1) is 8.34. The van der Waals surface area contributed by atoms with Gasteiger partial charge in [-0.05, 0) is 35.0 Å². The molecule has 0 aromatic heterocycles. The zero-order valence-electron chi connectivity index (χ0n) is 10.1. The first kappa shape index (κ1) is 15.0. The van der Waals surface area contributed by atoms with Gasteiger partial charge in [0.1, 0.15) is 5.82 Å². The van der Waals surface area contributed by atoms with Crippen LogP contribution in [0.5, 0.6) is 0 Å². The number of rotatable bonds is 4. The van der Waals surface area contributed by atoms with Gasteiger partial charge in [-0.2, -0.15) is 0 Å². The van der Waals surface area contributed by atoms with E-state index in [1.807, 2.05) is 6.92 Å². The summed E-state index contributed by atoms with van der Waals surface area (Å²) in [4.78, 5) is 14.0. The molecular formula is C12H14BrFN2OS. The van der Waals surface area contributed by atoms with Crippen molar-refractivity contribution in [3.8, 4) is 0 Å². The van der Waals surface area contributed by atoms with Gasteiger partial charge in [0.05, 0.1) is 15.0 Å². The molecule has 0 aliphatic heterocycles. The van der Waals surface area contributed by atoms with Crippen LogP contribution in [0.1, 0.15) is 23.7 Å². The molecule has 1 aromatic rings. The minimum absolute atomic E-state index is 0.134. The molecule has 1 aromatic carbocycles. The average molecular weight is 333 g/mol. The third kappa shape index (κ3) is 3.49. The maximum absolute atomic E-state index is 13.4. The Bertz CT molecular complexity index is 481. The highest BCUT2D eigenvalue weighted by Crippen LogP contribution is 2.22. The van der Waals surface area contributed by atoms with E-state index in [2.05, 4.69) is 15.9 Å². The Balaban J connectivity index is 2.93. The number of nitrogens with zero attached hydrogens (tertiary/aromatic N) is 1. The predicted octanol–water partition coefficient (Wildman–Crippen LogP) is 2.72. The fourth-order valence-electron chi connectivity index (χ4n) is 1.49. The average Bonchev–Trinajstić information content (AvgIpc) is 2.30. The Morgan fingerprint density at radius 1 is 1.61 bits per heavy atom. The van der Waals surface area contributed by atoms with Gasteiger partial charge in [0.25, 0.3) is 5.91 Å². The summed E-state index contributed by atoms with van der Waals surface area (Å²) in [5, 5.41) is 0. The summed E-state index contributed by atoms with van der Waals surface area (Å²) in [6.45, 7) is 1.84. The number of halogens is 2.